The maximum Gasteiger partial charge on any atom is 0.187 e. The zero-order chi connectivity index (χ0) is 33.5. The molecular weight excluding hydrogens is 572 g/mol. The Bertz CT molecular complexity index is 1010. The molecular formula is C37H66O8. The summed E-state index contributed by atoms with van der Waals surface area (Å²) in [4.78, 5) is 0. The summed E-state index contributed by atoms with van der Waals surface area (Å²) in [6, 6.07) is 0. The minimum atomic E-state index is -1.50. The molecule has 0 radical (unpaired) electrons. The van der Waals surface area contributed by atoms with E-state index in [2.05, 4.69) is 61.5 Å². The average molecular weight is 639 g/mol. The maximum absolute atomic E-state index is 12.1. The number of hydrogen-bond acceptors (Lipinski definition) is 8. The second kappa shape index (κ2) is 14.1. The molecule has 8 nitrogen and oxygen atoms in total. The number of rotatable bonds is 12. The van der Waals surface area contributed by atoms with E-state index < -0.39 is 49.0 Å². The molecule has 8 heteroatoms. The monoisotopic (exact) mass is 638 g/mol. The first kappa shape index (κ1) is 37.2. The quantitative estimate of drug-likeness (QED) is 0.162. The van der Waals surface area contributed by atoms with Crippen LogP contribution in [0.3, 0.4) is 0 Å². The van der Waals surface area contributed by atoms with Crippen molar-refractivity contribution in [2.24, 2.45) is 39.9 Å². The van der Waals surface area contributed by atoms with E-state index in [1.54, 1.807) is 0 Å². The molecule has 0 aromatic heterocycles. The van der Waals surface area contributed by atoms with Gasteiger partial charge in [0.05, 0.1) is 24.4 Å². The lowest BCUT2D eigenvalue weighted by Crippen LogP contribution is -2.63. The Morgan fingerprint density at radius 3 is 2.27 bits per heavy atom. The lowest BCUT2D eigenvalue weighted by Gasteiger charge is -2.63. The van der Waals surface area contributed by atoms with E-state index in [0.717, 1.165) is 64.2 Å². The molecule has 14 atom stereocenters. The maximum atomic E-state index is 12.1. The van der Waals surface area contributed by atoms with Gasteiger partial charge in [0, 0.05) is 0 Å². The van der Waals surface area contributed by atoms with E-state index in [9.17, 15) is 30.6 Å². The molecule has 1 heterocycles. The van der Waals surface area contributed by atoms with Crippen LogP contribution in [-0.2, 0) is 9.47 Å². The molecule has 45 heavy (non-hydrogen) atoms. The molecule has 0 aromatic rings. The Morgan fingerprint density at radius 1 is 0.978 bits per heavy atom. The van der Waals surface area contributed by atoms with Crippen molar-refractivity contribution >= 4 is 0 Å². The molecule has 6 N–H and O–H groups in total. The molecule has 0 aromatic carbocycles. The normalized spacial score (nSPS) is 44.0. The molecule has 1 unspecified atom stereocenters. The number of ether oxygens (including phenoxy) is 2. The average Bonchev–Trinajstić information content (AvgIpc) is 3.37. The van der Waals surface area contributed by atoms with E-state index in [-0.39, 0.29) is 34.2 Å². The van der Waals surface area contributed by atoms with Crippen LogP contribution in [0.15, 0.2) is 11.6 Å². The lowest BCUT2D eigenvalue weighted by molar-refractivity contribution is -0.335. The molecule has 0 spiro atoms. The van der Waals surface area contributed by atoms with Crippen LogP contribution in [0, 0.1) is 39.9 Å². The third kappa shape index (κ3) is 6.83. The molecule has 262 valence electrons. The van der Waals surface area contributed by atoms with Gasteiger partial charge in [0.1, 0.15) is 24.4 Å². The highest BCUT2D eigenvalue weighted by Gasteiger charge is 2.67. The smallest absolute Gasteiger partial charge is 0.187 e. The van der Waals surface area contributed by atoms with Crippen LogP contribution < -0.4 is 0 Å². The number of aliphatic hydroxyl groups excluding tert-OH is 6. The van der Waals surface area contributed by atoms with Crippen LogP contribution in [0.1, 0.15) is 126 Å². The molecule has 3 aliphatic carbocycles. The van der Waals surface area contributed by atoms with Crippen molar-refractivity contribution in [3.8, 4) is 0 Å². The summed E-state index contributed by atoms with van der Waals surface area (Å²) in [5.74, 6) is 0.751. The van der Waals surface area contributed by atoms with Crippen LogP contribution >= 0.6 is 0 Å². The van der Waals surface area contributed by atoms with Crippen LogP contribution in [-0.4, -0.2) is 85.8 Å². The van der Waals surface area contributed by atoms with Gasteiger partial charge in [-0.05, 0) is 118 Å². The summed E-state index contributed by atoms with van der Waals surface area (Å²) in [5, 5.41) is 64.9. The second-order valence-corrected chi connectivity index (χ2v) is 16.9. The standard InChI is InChI=1S/C37H66O8/c1-9-10-13-28(40)34(4,5)23-14-17-35(6)24(19-23)20-26(39)29-25(15-18-36(29,35)7)37(8,16-11-12-22(2)3)45-33-32(43)31(42)30(41)27(21-38)44-33/h12,23-33,38-43H,9-11,13-21H2,1-8H3/t23-,24+,25+,26-,27-,28+,29+,30-,31+,32-,33+,35-,36-,37?/m1/s1. The molecule has 1 aliphatic heterocycles. The molecule has 4 fully saturated rings. The van der Waals surface area contributed by atoms with Crippen molar-refractivity contribution in [2.75, 3.05) is 6.61 Å². The Hall–Kier alpha value is -0.580. The Kier molecular flexibility index (Phi) is 11.7. The van der Waals surface area contributed by atoms with Crippen LogP contribution in [0.2, 0.25) is 0 Å². The van der Waals surface area contributed by atoms with Gasteiger partial charge in [-0.1, -0.05) is 59.1 Å². The van der Waals surface area contributed by atoms with Crippen molar-refractivity contribution in [1.82, 2.24) is 0 Å². The molecule has 1 saturated heterocycles. The summed E-state index contributed by atoms with van der Waals surface area (Å²) in [5.41, 5.74) is 0.159. The van der Waals surface area contributed by atoms with Gasteiger partial charge in [-0.25, -0.2) is 0 Å². The number of unbranched alkanes of at least 4 members (excludes halogenated alkanes) is 1. The van der Waals surface area contributed by atoms with Gasteiger partial charge in [0.2, 0.25) is 0 Å². The van der Waals surface area contributed by atoms with Gasteiger partial charge in [0.25, 0.3) is 0 Å². The van der Waals surface area contributed by atoms with Crippen molar-refractivity contribution in [1.29, 1.82) is 0 Å². The van der Waals surface area contributed by atoms with Gasteiger partial charge in [0.15, 0.2) is 6.29 Å². The fourth-order valence-corrected chi connectivity index (χ4v) is 10.4. The molecule has 4 aliphatic rings. The summed E-state index contributed by atoms with van der Waals surface area (Å²) in [6.07, 6.45) is 4.77. The molecule has 0 bridgehead atoms. The first-order chi connectivity index (χ1) is 21.0. The summed E-state index contributed by atoms with van der Waals surface area (Å²) in [7, 11) is 0. The van der Waals surface area contributed by atoms with E-state index in [4.69, 9.17) is 9.47 Å². The largest absolute Gasteiger partial charge is 0.394 e. The predicted molar refractivity (Wildman–Crippen MR) is 175 cm³/mol. The first-order valence-electron chi connectivity index (χ1n) is 17.9. The molecule has 4 rings (SSSR count). The summed E-state index contributed by atoms with van der Waals surface area (Å²) < 4.78 is 12.6. The summed E-state index contributed by atoms with van der Waals surface area (Å²) >= 11 is 0. The second-order valence-electron chi connectivity index (χ2n) is 16.9. The van der Waals surface area contributed by atoms with Crippen LogP contribution in [0.25, 0.3) is 0 Å². The van der Waals surface area contributed by atoms with Gasteiger partial charge in [-0.15, -0.1) is 0 Å². The number of aliphatic hydroxyl groups is 6. The van der Waals surface area contributed by atoms with E-state index >= 15 is 0 Å². The van der Waals surface area contributed by atoms with Crippen LogP contribution in [0.4, 0.5) is 0 Å². The van der Waals surface area contributed by atoms with Gasteiger partial charge >= 0.3 is 0 Å². The minimum Gasteiger partial charge on any atom is -0.394 e. The van der Waals surface area contributed by atoms with Crippen LogP contribution in [0.5, 0.6) is 0 Å². The topological polar surface area (TPSA) is 140 Å². The number of fused-ring (bicyclic) bond motifs is 3. The van der Waals surface area contributed by atoms with Crippen molar-refractivity contribution < 1.29 is 40.1 Å². The molecule has 0 amide bonds. The predicted octanol–water partition coefficient (Wildman–Crippen LogP) is 5.11. The van der Waals surface area contributed by atoms with Crippen molar-refractivity contribution in [3.05, 3.63) is 11.6 Å². The van der Waals surface area contributed by atoms with Gasteiger partial charge in [-0.2, -0.15) is 0 Å². The number of hydrogen-bond donors (Lipinski definition) is 6. The Balaban J connectivity index is 1.61. The Labute approximate surface area is 272 Å². The highest BCUT2D eigenvalue weighted by Crippen LogP contribution is 2.71. The first-order valence-corrected chi connectivity index (χ1v) is 17.9. The van der Waals surface area contributed by atoms with E-state index in [1.165, 1.54) is 5.57 Å². The third-order valence-electron chi connectivity index (χ3n) is 13.8. The SMILES string of the molecule is CCCC[C@H](O)C(C)(C)[C@@H]1CC[C@]2(C)[C@@H](C1)C[C@@H](O)[C@@H]1[C@@H](C(C)(CCC=C(C)C)O[C@@H]3O[C@H](CO)[C@@H](O)[C@H](O)[C@H]3O)CC[C@]12C. The zero-order valence-electron chi connectivity index (χ0n) is 29.4. The zero-order valence-corrected chi connectivity index (χ0v) is 29.4. The fraction of sp³-hybridized carbons (Fsp3) is 0.946. The highest BCUT2D eigenvalue weighted by molar-refractivity contribution is 5.16. The third-order valence-corrected chi connectivity index (χ3v) is 13.8. The van der Waals surface area contributed by atoms with Crippen molar-refractivity contribution in [3.63, 3.8) is 0 Å². The van der Waals surface area contributed by atoms with Gasteiger partial charge in [-0.3, -0.25) is 0 Å². The highest BCUT2D eigenvalue weighted by atomic mass is 16.7. The van der Waals surface area contributed by atoms with Gasteiger partial charge < -0.3 is 40.1 Å². The Morgan fingerprint density at radius 2 is 1.64 bits per heavy atom. The lowest BCUT2D eigenvalue weighted by atomic mass is 9.42. The number of allylic oxidation sites excluding steroid dienone is 2. The molecule has 3 saturated carbocycles. The fourth-order valence-electron chi connectivity index (χ4n) is 10.4. The summed E-state index contributed by atoms with van der Waals surface area (Å²) in [6.45, 7) is 17.2. The van der Waals surface area contributed by atoms with E-state index in [0.29, 0.717) is 18.3 Å². The minimum absolute atomic E-state index is 0.0138. The van der Waals surface area contributed by atoms with Crippen molar-refractivity contribution in [2.45, 2.75) is 175 Å². The van der Waals surface area contributed by atoms with E-state index in [1.807, 2.05) is 0 Å².